The third-order valence-corrected chi connectivity index (χ3v) is 3.82. The van der Waals surface area contributed by atoms with Crippen LogP contribution < -0.4 is 0 Å². The van der Waals surface area contributed by atoms with Crippen LogP contribution in [-0.4, -0.2) is 23.2 Å². The van der Waals surface area contributed by atoms with Gasteiger partial charge in [-0.1, -0.05) is 6.07 Å². The quantitative estimate of drug-likeness (QED) is 0.726. The minimum atomic E-state index is -0.107. The minimum Gasteiger partial charge on any atom is -0.393 e. The molecule has 0 fully saturated rings. The first kappa shape index (κ1) is 12.1. The van der Waals surface area contributed by atoms with Crippen molar-refractivity contribution in [2.24, 2.45) is 0 Å². The van der Waals surface area contributed by atoms with Crippen LogP contribution in [-0.2, 0) is 6.42 Å². The molecule has 1 aromatic heterocycles. The molecule has 0 saturated heterocycles. The predicted molar refractivity (Wildman–Crippen MR) is 66.3 cm³/mol. The van der Waals surface area contributed by atoms with Gasteiger partial charge < -0.3 is 5.11 Å². The first-order valence-corrected chi connectivity index (χ1v) is 7.29. The molecule has 1 unspecified atom stereocenters. The van der Waals surface area contributed by atoms with Crippen molar-refractivity contribution in [3.8, 4) is 0 Å². The summed E-state index contributed by atoms with van der Waals surface area (Å²) in [6, 6.07) is 4.21. The average Bonchev–Trinajstić information content (AvgIpc) is 2.68. The zero-order valence-electron chi connectivity index (χ0n) is 8.61. The molecule has 0 aromatic carbocycles. The molecule has 1 atom stereocenters. The van der Waals surface area contributed by atoms with Gasteiger partial charge in [-0.15, -0.1) is 11.3 Å². The summed E-state index contributed by atoms with van der Waals surface area (Å²) >= 11 is 3.63. The van der Waals surface area contributed by atoms with Crippen molar-refractivity contribution in [2.75, 3.05) is 12.0 Å². The predicted octanol–water partition coefficient (Wildman–Crippen LogP) is 3.18. The van der Waals surface area contributed by atoms with E-state index in [1.54, 1.807) is 11.3 Å². The fraction of sp³-hybridized carbons (Fsp3) is 0.636. The molecule has 0 amide bonds. The standard InChI is InChI=1S/C11H18OS2/c1-13-8-2-4-10(12)6-7-11-5-3-9-14-11/h3,5,9-10,12H,2,4,6-8H2,1H3. The molecule has 1 aromatic rings. The molecule has 14 heavy (non-hydrogen) atoms. The SMILES string of the molecule is CSCCCC(O)CCc1cccs1. The monoisotopic (exact) mass is 230 g/mol. The molecule has 0 aliphatic carbocycles. The number of rotatable bonds is 7. The van der Waals surface area contributed by atoms with Gasteiger partial charge >= 0.3 is 0 Å². The molecule has 0 radical (unpaired) electrons. The van der Waals surface area contributed by atoms with Crippen LogP contribution in [0.15, 0.2) is 17.5 Å². The maximum Gasteiger partial charge on any atom is 0.0544 e. The Labute approximate surface area is 94.5 Å². The maximum absolute atomic E-state index is 9.67. The maximum atomic E-state index is 9.67. The number of aliphatic hydroxyl groups is 1. The molecule has 1 rings (SSSR count). The van der Waals surface area contributed by atoms with Crippen LogP contribution in [0.3, 0.4) is 0 Å². The highest BCUT2D eigenvalue weighted by atomic mass is 32.2. The van der Waals surface area contributed by atoms with E-state index in [0.29, 0.717) is 0 Å². The molecule has 3 heteroatoms. The van der Waals surface area contributed by atoms with Crippen LogP contribution in [0.25, 0.3) is 0 Å². The Morgan fingerprint density at radius 1 is 1.50 bits per heavy atom. The van der Waals surface area contributed by atoms with E-state index < -0.39 is 0 Å². The molecule has 0 saturated carbocycles. The molecule has 1 N–H and O–H groups in total. The summed E-state index contributed by atoms with van der Waals surface area (Å²) in [7, 11) is 0. The average molecular weight is 230 g/mol. The van der Waals surface area contributed by atoms with Crippen molar-refractivity contribution in [1.82, 2.24) is 0 Å². The molecular formula is C11H18OS2. The first-order chi connectivity index (χ1) is 6.83. The molecule has 1 nitrogen and oxygen atoms in total. The van der Waals surface area contributed by atoms with Crippen molar-refractivity contribution in [1.29, 1.82) is 0 Å². The van der Waals surface area contributed by atoms with Crippen LogP contribution in [0.2, 0.25) is 0 Å². The summed E-state index contributed by atoms with van der Waals surface area (Å²) < 4.78 is 0. The first-order valence-electron chi connectivity index (χ1n) is 5.02. The van der Waals surface area contributed by atoms with Gasteiger partial charge in [-0.2, -0.15) is 11.8 Å². The third kappa shape index (κ3) is 5.03. The Morgan fingerprint density at radius 3 is 3.00 bits per heavy atom. The van der Waals surface area contributed by atoms with Gasteiger partial charge in [0, 0.05) is 4.88 Å². The second kappa shape index (κ2) is 7.32. The molecular weight excluding hydrogens is 212 g/mol. The van der Waals surface area contributed by atoms with Gasteiger partial charge in [0.15, 0.2) is 0 Å². The summed E-state index contributed by atoms with van der Waals surface area (Å²) in [6.45, 7) is 0. The Kier molecular flexibility index (Phi) is 6.32. The molecule has 0 spiro atoms. The van der Waals surface area contributed by atoms with Crippen molar-refractivity contribution in [3.05, 3.63) is 22.4 Å². The van der Waals surface area contributed by atoms with Gasteiger partial charge in [-0.3, -0.25) is 0 Å². The van der Waals surface area contributed by atoms with Crippen LogP contribution in [0.1, 0.15) is 24.1 Å². The van der Waals surface area contributed by atoms with E-state index in [1.165, 1.54) is 4.88 Å². The Bertz CT molecular complexity index is 221. The van der Waals surface area contributed by atoms with E-state index in [2.05, 4.69) is 23.8 Å². The van der Waals surface area contributed by atoms with E-state index in [9.17, 15) is 5.11 Å². The van der Waals surface area contributed by atoms with Gasteiger partial charge in [0.1, 0.15) is 0 Å². The second-order valence-electron chi connectivity index (χ2n) is 3.41. The van der Waals surface area contributed by atoms with Crippen LogP contribution in [0.5, 0.6) is 0 Å². The summed E-state index contributed by atoms with van der Waals surface area (Å²) in [4.78, 5) is 1.38. The normalized spacial score (nSPS) is 13.0. The lowest BCUT2D eigenvalue weighted by atomic mass is 10.1. The zero-order chi connectivity index (χ0) is 10.2. The van der Waals surface area contributed by atoms with Crippen molar-refractivity contribution < 1.29 is 5.11 Å². The van der Waals surface area contributed by atoms with E-state index in [-0.39, 0.29) is 6.10 Å². The number of aryl methyl sites for hydroxylation is 1. The molecule has 0 aliphatic rings. The van der Waals surface area contributed by atoms with Gasteiger partial charge in [-0.25, -0.2) is 0 Å². The highest BCUT2D eigenvalue weighted by molar-refractivity contribution is 7.98. The second-order valence-corrected chi connectivity index (χ2v) is 5.42. The van der Waals surface area contributed by atoms with Gasteiger partial charge in [0.25, 0.3) is 0 Å². The topological polar surface area (TPSA) is 20.2 Å². The summed E-state index contributed by atoms with van der Waals surface area (Å²) in [5.41, 5.74) is 0. The highest BCUT2D eigenvalue weighted by Crippen LogP contribution is 2.14. The highest BCUT2D eigenvalue weighted by Gasteiger charge is 2.04. The Morgan fingerprint density at radius 2 is 2.36 bits per heavy atom. The van der Waals surface area contributed by atoms with Crippen molar-refractivity contribution in [2.45, 2.75) is 31.8 Å². The van der Waals surface area contributed by atoms with Gasteiger partial charge in [0.05, 0.1) is 6.10 Å². The van der Waals surface area contributed by atoms with E-state index in [4.69, 9.17) is 0 Å². The van der Waals surface area contributed by atoms with E-state index >= 15 is 0 Å². The molecule has 1 heterocycles. The fourth-order valence-corrected chi connectivity index (χ4v) is 2.55. The van der Waals surface area contributed by atoms with Crippen LogP contribution in [0.4, 0.5) is 0 Å². The van der Waals surface area contributed by atoms with Crippen LogP contribution in [0, 0.1) is 0 Å². The lowest BCUT2D eigenvalue weighted by Gasteiger charge is -2.08. The summed E-state index contributed by atoms with van der Waals surface area (Å²) in [5, 5.41) is 11.8. The summed E-state index contributed by atoms with van der Waals surface area (Å²) in [5.74, 6) is 1.16. The van der Waals surface area contributed by atoms with Gasteiger partial charge in [0.2, 0.25) is 0 Å². The van der Waals surface area contributed by atoms with E-state index in [0.717, 1.165) is 31.4 Å². The lowest BCUT2D eigenvalue weighted by molar-refractivity contribution is 0.154. The number of aliphatic hydroxyl groups excluding tert-OH is 1. The molecule has 80 valence electrons. The minimum absolute atomic E-state index is 0.107. The molecule has 0 aliphatic heterocycles. The third-order valence-electron chi connectivity index (χ3n) is 2.19. The van der Waals surface area contributed by atoms with Gasteiger partial charge in [-0.05, 0) is 49.1 Å². The fourth-order valence-electron chi connectivity index (χ4n) is 1.37. The Balaban J connectivity index is 2.06. The van der Waals surface area contributed by atoms with Crippen LogP contribution >= 0.6 is 23.1 Å². The largest absolute Gasteiger partial charge is 0.393 e. The van der Waals surface area contributed by atoms with E-state index in [1.807, 2.05) is 11.8 Å². The smallest absolute Gasteiger partial charge is 0.0544 e. The number of hydrogen-bond acceptors (Lipinski definition) is 3. The van der Waals surface area contributed by atoms with Crippen molar-refractivity contribution in [3.63, 3.8) is 0 Å². The summed E-state index contributed by atoms with van der Waals surface area (Å²) in [6.07, 6.45) is 6.02. The van der Waals surface area contributed by atoms with Crippen molar-refractivity contribution >= 4 is 23.1 Å². The lowest BCUT2D eigenvalue weighted by Crippen LogP contribution is -2.07. The number of hydrogen-bond donors (Lipinski definition) is 1. The number of thioether (sulfide) groups is 1. The zero-order valence-corrected chi connectivity index (χ0v) is 10.2. The molecule has 0 bridgehead atoms. The number of thiophene rings is 1. The Hall–Kier alpha value is 0.01000.